The monoisotopic (exact) mass is 336 g/mol. The minimum Gasteiger partial charge on any atom is -0.422 e. The highest BCUT2D eigenvalue weighted by molar-refractivity contribution is 5.96. The first-order valence-electron chi connectivity index (χ1n) is 7.64. The van der Waals surface area contributed by atoms with Gasteiger partial charge < -0.3 is 15.1 Å². The van der Waals surface area contributed by atoms with Crippen LogP contribution in [0, 0.1) is 5.92 Å². The maximum absolute atomic E-state index is 12.6. The summed E-state index contributed by atoms with van der Waals surface area (Å²) in [5.74, 6) is 0.194. The Bertz CT molecular complexity index is 749. The van der Waals surface area contributed by atoms with E-state index in [1.54, 1.807) is 23.1 Å². The number of carbonyl (C=O) groups excluding carboxylic acids is 1. The van der Waals surface area contributed by atoms with Gasteiger partial charge in [0.2, 0.25) is 0 Å². The van der Waals surface area contributed by atoms with Gasteiger partial charge in [-0.15, -0.1) is 12.4 Å². The number of amides is 1. The van der Waals surface area contributed by atoms with Gasteiger partial charge in [0.1, 0.15) is 11.1 Å². The lowest BCUT2D eigenvalue weighted by Gasteiger charge is -2.33. The molecule has 1 aromatic heterocycles. The highest BCUT2D eigenvalue weighted by Crippen LogP contribution is 2.21. The number of nitrogens with zero attached hydrogens (tertiary/aromatic N) is 1. The zero-order valence-corrected chi connectivity index (χ0v) is 13.8. The molecule has 1 saturated heterocycles. The molecule has 1 aliphatic heterocycles. The molecule has 23 heavy (non-hydrogen) atoms. The van der Waals surface area contributed by atoms with Crippen LogP contribution in [0.1, 0.15) is 30.1 Å². The van der Waals surface area contributed by atoms with Crippen LogP contribution >= 0.6 is 12.4 Å². The number of halogens is 1. The normalized spacial score (nSPS) is 16.9. The Labute approximate surface area is 140 Å². The fourth-order valence-corrected chi connectivity index (χ4v) is 3.01. The zero-order valence-electron chi connectivity index (χ0n) is 13.0. The predicted octanol–water partition coefficient (Wildman–Crippen LogP) is 2.41. The molecule has 2 N–H and O–H groups in total. The first-order chi connectivity index (χ1) is 10.6. The molecule has 0 aliphatic carbocycles. The fourth-order valence-electron chi connectivity index (χ4n) is 3.01. The summed E-state index contributed by atoms with van der Waals surface area (Å²) in [4.78, 5) is 26.4. The van der Waals surface area contributed by atoms with Gasteiger partial charge in [-0.05, 0) is 37.8 Å². The summed E-state index contributed by atoms with van der Waals surface area (Å²) in [6.07, 6.45) is 1.75. The number of hydrogen-bond acceptors (Lipinski definition) is 4. The average molecular weight is 337 g/mol. The van der Waals surface area contributed by atoms with Crippen LogP contribution in [0.5, 0.6) is 0 Å². The SMILES string of the molecule is CC(N)C1CCN(C(=O)c2cc3ccccc3oc2=O)CC1.Cl. The van der Waals surface area contributed by atoms with Crippen LogP contribution in [-0.4, -0.2) is 29.9 Å². The molecule has 3 rings (SSSR count). The predicted molar refractivity (Wildman–Crippen MR) is 92.0 cm³/mol. The van der Waals surface area contributed by atoms with Gasteiger partial charge in [-0.3, -0.25) is 4.79 Å². The van der Waals surface area contributed by atoms with E-state index in [0.29, 0.717) is 24.6 Å². The van der Waals surface area contributed by atoms with Crippen molar-refractivity contribution in [2.24, 2.45) is 11.7 Å². The Morgan fingerprint density at radius 2 is 1.96 bits per heavy atom. The number of para-hydroxylation sites is 1. The third kappa shape index (κ3) is 3.57. The highest BCUT2D eigenvalue weighted by Gasteiger charge is 2.27. The average Bonchev–Trinajstić information content (AvgIpc) is 2.53. The summed E-state index contributed by atoms with van der Waals surface area (Å²) in [5.41, 5.74) is 5.96. The van der Waals surface area contributed by atoms with E-state index in [0.717, 1.165) is 18.2 Å². The van der Waals surface area contributed by atoms with E-state index in [4.69, 9.17) is 10.2 Å². The Kier molecular flexibility index (Phi) is 5.44. The maximum atomic E-state index is 12.6. The second-order valence-electron chi connectivity index (χ2n) is 5.97. The van der Waals surface area contributed by atoms with Crippen molar-refractivity contribution in [2.75, 3.05) is 13.1 Å². The van der Waals surface area contributed by atoms with E-state index < -0.39 is 5.63 Å². The number of piperidine rings is 1. The molecule has 0 radical (unpaired) electrons. The molecule has 0 bridgehead atoms. The number of carbonyl (C=O) groups is 1. The maximum Gasteiger partial charge on any atom is 0.349 e. The van der Waals surface area contributed by atoms with Crippen molar-refractivity contribution in [3.8, 4) is 0 Å². The van der Waals surface area contributed by atoms with Crippen molar-refractivity contribution in [2.45, 2.75) is 25.8 Å². The summed E-state index contributed by atoms with van der Waals surface area (Å²) in [6.45, 7) is 3.27. The fraction of sp³-hybridized carbons (Fsp3) is 0.412. The highest BCUT2D eigenvalue weighted by atomic mass is 35.5. The number of fused-ring (bicyclic) bond motifs is 1. The lowest BCUT2D eigenvalue weighted by molar-refractivity contribution is 0.0677. The van der Waals surface area contributed by atoms with Crippen LogP contribution in [0.25, 0.3) is 11.0 Å². The Hall–Kier alpha value is -1.85. The minimum absolute atomic E-state index is 0. The topological polar surface area (TPSA) is 76.5 Å². The molecule has 6 heteroatoms. The van der Waals surface area contributed by atoms with Crippen LogP contribution in [0.3, 0.4) is 0 Å². The van der Waals surface area contributed by atoms with Crippen LogP contribution in [0.15, 0.2) is 39.5 Å². The van der Waals surface area contributed by atoms with E-state index in [9.17, 15) is 9.59 Å². The largest absolute Gasteiger partial charge is 0.422 e. The van der Waals surface area contributed by atoms with Crippen LogP contribution in [0.2, 0.25) is 0 Å². The summed E-state index contributed by atoms with van der Waals surface area (Å²) in [6, 6.07) is 8.97. The number of rotatable bonds is 2. The van der Waals surface area contributed by atoms with Gasteiger partial charge in [-0.2, -0.15) is 0 Å². The van der Waals surface area contributed by atoms with Gasteiger partial charge in [-0.1, -0.05) is 18.2 Å². The lowest BCUT2D eigenvalue weighted by Crippen LogP contribution is -2.43. The summed E-state index contributed by atoms with van der Waals surface area (Å²) < 4.78 is 5.24. The zero-order chi connectivity index (χ0) is 15.7. The number of hydrogen-bond donors (Lipinski definition) is 1. The quantitative estimate of drug-likeness (QED) is 0.854. The smallest absolute Gasteiger partial charge is 0.349 e. The minimum atomic E-state index is -0.571. The third-order valence-corrected chi connectivity index (χ3v) is 4.44. The molecule has 1 aliphatic rings. The Morgan fingerprint density at radius 1 is 1.30 bits per heavy atom. The van der Waals surface area contributed by atoms with Crippen LogP contribution in [0.4, 0.5) is 0 Å². The standard InChI is InChI=1S/C17H20N2O3.ClH/c1-11(18)12-6-8-19(9-7-12)16(20)14-10-13-4-2-3-5-15(13)22-17(14)21;/h2-5,10-12H,6-9,18H2,1H3;1H. The second-order valence-corrected chi connectivity index (χ2v) is 5.97. The Balaban J connectivity index is 0.00000192. The van der Waals surface area contributed by atoms with Crippen LogP contribution < -0.4 is 11.4 Å². The van der Waals surface area contributed by atoms with Crippen molar-refractivity contribution in [3.05, 3.63) is 46.3 Å². The molecule has 1 unspecified atom stereocenters. The van der Waals surface area contributed by atoms with E-state index in [-0.39, 0.29) is 29.9 Å². The van der Waals surface area contributed by atoms with E-state index >= 15 is 0 Å². The molecular weight excluding hydrogens is 316 g/mol. The van der Waals surface area contributed by atoms with E-state index in [2.05, 4.69) is 0 Å². The first-order valence-corrected chi connectivity index (χ1v) is 7.64. The van der Waals surface area contributed by atoms with Gasteiger partial charge in [-0.25, -0.2) is 4.79 Å². The first kappa shape index (κ1) is 17.5. The Morgan fingerprint density at radius 3 is 2.61 bits per heavy atom. The van der Waals surface area contributed by atoms with Crippen molar-refractivity contribution < 1.29 is 9.21 Å². The van der Waals surface area contributed by atoms with Gasteiger partial charge >= 0.3 is 5.63 Å². The van der Waals surface area contributed by atoms with Crippen molar-refractivity contribution >= 4 is 29.3 Å². The molecule has 0 spiro atoms. The van der Waals surface area contributed by atoms with Gasteiger partial charge in [0, 0.05) is 24.5 Å². The van der Waals surface area contributed by atoms with Gasteiger partial charge in [0.05, 0.1) is 0 Å². The molecule has 2 aromatic rings. The lowest BCUT2D eigenvalue weighted by atomic mass is 9.91. The van der Waals surface area contributed by atoms with E-state index in [1.807, 2.05) is 19.1 Å². The molecule has 124 valence electrons. The number of likely N-dealkylation sites (tertiary alicyclic amines) is 1. The molecule has 2 heterocycles. The summed E-state index contributed by atoms with van der Waals surface area (Å²) in [5, 5.41) is 0.760. The van der Waals surface area contributed by atoms with Crippen LogP contribution in [-0.2, 0) is 0 Å². The number of nitrogens with two attached hydrogens (primary N) is 1. The van der Waals surface area contributed by atoms with Crippen molar-refractivity contribution in [1.29, 1.82) is 0 Å². The molecule has 5 nitrogen and oxygen atoms in total. The van der Waals surface area contributed by atoms with Crippen molar-refractivity contribution in [3.63, 3.8) is 0 Å². The summed E-state index contributed by atoms with van der Waals surface area (Å²) in [7, 11) is 0. The summed E-state index contributed by atoms with van der Waals surface area (Å²) >= 11 is 0. The van der Waals surface area contributed by atoms with E-state index in [1.165, 1.54) is 0 Å². The van der Waals surface area contributed by atoms with Gasteiger partial charge in [0.15, 0.2) is 0 Å². The molecule has 0 saturated carbocycles. The third-order valence-electron chi connectivity index (χ3n) is 4.44. The molecule has 1 amide bonds. The molecule has 1 aromatic carbocycles. The molecule has 1 fully saturated rings. The second kappa shape index (κ2) is 7.15. The van der Waals surface area contributed by atoms with Gasteiger partial charge in [0.25, 0.3) is 5.91 Å². The molecule has 1 atom stereocenters. The molecular formula is C17H21ClN2O3. The van der Waals surface area contributed by atoms with Crippen molar-refractivity contribution in [1.82, 2.24) is 4.90 Å². The number of benzene rings is 1.